The van der Waals surface area contributed by atoms with Gasteiger partial charge in [0.25, 0.3) is 0 Å². The molecule has 3 rings (SSSR count). The van der Waals surface area contributed by atoms with E-state index in [1.165, 1.54) is 12.3 Å². The van der Waals surface area contributed by atoms with Gasteiger partial charge in [-0.25, -0.2) is 4.39 Å². The van der Waals surface area contributed by atoms with E-state index in [9.17, 15) is 4.39 Å². The fourth-order valence-corrected chi connectivity index (χ4v) is 2.38. The Morgan fingerprint density at radius 1 is 1.33 bits per heavy atom. The second kappa shape index (κ2) is 5.24. The van der Waals surface area contributed by atoms with Crippen LogP contribution in [0.4, 0.5) is 4.39 Å². The van der Waals surface area contributed by atoms with Crippen molar-refractivity contribution in [1.82, 2.24) is 9.55 Å². The van der Waals surface area contributed by atoms with Gasteiger partial charge in [-0.3, -0.25) is 4.98 Å². The number of rotatable bonds is 3. The molecular weight excluding hydrogens is 271 g/mol. The Kier molecular flexibility index (Phi) is 3.27. The van der Waals surface area contributed by atoms with E-state index in [-0.39, 0.29) is 11.7 Å². The van der Waals surface area contributed by atoms with Crippen molar-refractivity contribution in [3.8, 4) is 0 Å². The quantitative estimate of drug-likeness (QED) is 0.335. The first-order valence-electron chi connectivity index (χ1n) is 6.34. The number of oxime groups is 1. The summed E-state index contributed by atoms with van der Waals surface area (Å²) in [5.41, 5.74) is 8.02. The van der Waals surface area contributed by atoms with E-state index in [1.54, 1.807) is 12.3 Å². The molecule has 6 heteroatoms. The van der Waals surface area contributed by atoms with Crippen molar-refractivity contribution in [1.29, 1.82) is 0 Å². The van der Waals surface area contributed by atoms with Crippen molar-refractivity contribution in [2.75, 3.05) is 0 Å². The minimum Gasteiger partial charge on any atom is -0.409 e. The Labute approximate surface area is 120 Å². The van der Waals surface area contributed by atoms with E-state index >= 15 is 0 Å². The number of amidine groups is 1. The van der Waals surface area contributed by atoms with Crippen LogP contribution >= 0.6 is 0 Å². The van der Waals surface area contributed by atoms with Gasteiger partial charge in [-0.05, 0) is 23.8 Å². The summed E-state index contributed by atoms with van der Waals surface area (Å²) in [6.07, 6.45) is 4.68. The molecule has 0 unspecified atom stereocenters. The lowest BCUT2D eigenvalue weighted by Gasteiger charge is -2.07. The molecule has 0 aliphatic carbocycles. The largest absolute Gasteiger partial charge is 0.409 e. The number of hydrogen-bond donors (Lipinski definition) is 2. The van der Waals surface area contributed by atoms with Crippen LogP contribution in [-0.4, -0.2) is 20.6 Å². The lowest BCUT2D eigenvalue weighted by Crippen LogP contribution is -2.13. The van der Waals surface area contributed by atoms with Crippen molar-refractivity contribution in [3.05, 3.63) is 65.9 Å². The SMILES string of the molecule is N/C(=N/O)c1cccc2c1ccn2Cc1cncc(F)c1. The molecule has 1 aromatic carbocycles. The van der Waals surface area contributed by atoms with Crippen LogP contribution < -0.4 is 5.73 Å². The van der Waals surface area contributed by atoms with Gasteiger partial charge in [-0.1, -0.05) is 17.3 Å². The van der Waals surface area contributed by atoms with Crippen LogP contribution in [0.5, 0.6) is 0 Å². The summed E-state index contributed by atoms with van der Waals surface area (Å²) in [6.45, 7) is 0.494. The molecule has 0 atom stereocenters. The zero-order chi connectivity index (χ0) is 14.8. The number of halogens is 1. The Morgan fingerprint density at radius 2 is 2.19 bits per heavy atom. The number of nitrogens with zero attached hydrogens (tertiary/aromatic N) is 3. The molecule has 0 fully saturated rings. The van der Waals surface area contributed by atoms with Gasteiger partial charge in [0.15, 0.2) is 5.84 Å². The van der Waals surface area contributed by atoms with Gasteiger partial charge < -0.3 is 15.5 Å². The van der Waals surface area contributed by atoms with Gasteiger partial charge in [0, 0.05) is 35.4 Å². The van der Waals surface area contributed by atoms with E-state index in [0.717, 1.165) is 16.5 Å². The number of aromatic nitrogens is 2. The molecule has 5 nitrogen and oxygen atoms in total. The van der Waals surface area contributed by atoms with Crippen molar-refractivity contribution in [2.24, 2.45) is 10.9 Å². The van der Waals surface area contributed by atoms with Gasteiger partial charge in [0.05, 0.1) is 6.20 Å². The maximum atomic E-state index is 13.2. The molecule has 0 spiro atoms. The van der Waals surface area contributed by atoms with E-state index in [0.29, 0.717) is 12.1 Å². The van der Waals surface area contributed by atoms with Crippen LogP contribution in [0.15, 0.2) is 54.1 Å². The molecule has 0 saturated heterocycles. The first kappa shape index (κ1) is 13.1. The van der Waals surface area contributed by atoms with Gasteiger partial charge >= 0.3 is 0 Å². The van der Waals surface area contributed by atoms with Crippen LogP contribution in [0.3, 0.4) is 0 Å². The van der Waals surface area contributed by atoms with E-state index < -0.39 is 0 Å². The maximum Gasteiger partial charge on any atom is 0.170 e. The van der Waals surface area contributed by atoms with E-state index in [2.05, 4.69) is 10.1 Å². The van der Waals surface area contributed by atoms with Crippen LogP contribution in [-0.2, 0) is 6.54 Å². The first-order valence-corrected chi connectivity index (χ1v) is 6.34. The summed E-state index contributed by atoms with van der Waals surface area (Å²) in [7, 11) is 0. The Morgan fingerprint density at radius 3 is 2.95 bits per heavy atom. The smallest absolute Gasteiger partial charge is 0.170 e. The van der Waals surface area contributed by atoms with Crippen LogP contribution in [0.2, 0.25) is 0 Å². The molecular formula is C15H13FN4O. The highest BCUT2D eigenvalue weighted by molar-refractivity contribution is 6.08. The molecule has 3 aromatic rings. The molecule has 0 amide bonds. The van der Waals surface area contributed by atoms with E-state index in [4.69, 9.17) is 10.9 Å². The summed E-state index contributed by atoms with van der Waals surface area (Å²) >= 11 is 0. The predicted molar refractivity (Wildman–Crippen MR) is 77.7 cm³/mol. The number of benzene rings is 1. The number of hydrogen-bond acceptors (Lipinski definition) is 3. The summed E-state index contributed by atoms with van der Waals surface area (Å²) in [4.78, 5) is 3.84. The van der Waals surface area contributed by atoms with Gasteiger partial charge in [0.2, 0.25) is 0 Å². The molecule has 0 aliphatic heterocycles. The second-order valence-corrected chi connectivity index (χ2v) is 4.68. The summed E-state index contributed by atoms with van der Waals surface area (Å²) in [5, 5.41) is 12.7. The summed E-state index contributed by atoms with van der Waals surface area (Å²) < 4.78 is 15.2. The fraction of sp³-hybridized carbons (Fsp3) is 0.0667. The van der Waals surface area contributed by atoms with Crippen molar-refractivity contribution in [2.45, 2.75) is 6.54 Å². The zero-order valence-electron chi connectivity index (χ0n) is 11.1. The third kappa shape index (κ3) is 2.43. The number of nitrogens with two attached hydrogens (primary N) is 1. The van der Waals surface area contributed by atoms with Gasteiger partial charge in [0.1, 0.15) is 5.82 Å². The van der Waals surface area contributed by atoms with Crippen LogP contribution in [0, 0.1) is 5.82 Å². The van der Waals surface area contributed by atoms with Gasteiger partial charge in [-0.2, -0.15) is 0 Å². The lowest BCUT2D eigenvalue weighted by atomic mass is 10.1. The van der Waals surface area contributed by atoms with Gasteiger partial charge in [-0.15, -0.1) is 0 Å². The predicted octanol–water partition coefficient (Wildman–Crippen LogP) is 2.32. The van der Waals surface area contributed by atoms with Crippen molar-refractivity contribution in [3.63, 3.8) is 0 Å². The average Bonchev–Trinajstić information content (AvgIpc) is 2.90. The first-order chi connectivity index (χ1) is 10.2. The van der Waals surface area contributed by atoms with E-state index in [1.807, 2.05) is 29.0 Å². The fourth-order valence-electron chi connectivity index (χ4n) is 2.38. The molecule has 3 N–H and O–H groups in total. The molecule has 0 radical (unpaired) electrons. The number of fused-ring (bicyclic) bond motifs is 1. The zero-order valence-corrected chi connectivity index (χ0v) is 11.1. The number of pyridine rings is 1. The Bertz CT molecular complexity index is 825. The molecule has 106 valence electrons. The Hall–Kier alpha value is -2.89. The molecule has 0 bridgehead atoms. The standard InChI is InChI=1S/C15H13FN4O/c16-11-6-10(7-18-8-11)9-20-5-4-12-13(15(17)19-21)2-1-3-14(12)20/h1-8,21H,9H2,(H2,17,19). The topological polar surface area (TPSA) is 76.4 Å². The Balaban J connectivity index is 2.05. The molecule has 0 aliphatic rings. The molecule has 2 aromatic heterocycles. The minimum absolute atomic E-state index is 0.0609. The lowest BCUT2D eigenvalue weighted by molar-refractivity contribution is 0.318. The summed E-state index contributed by atoms with van der Waals surface area (Å²) in [5.74, 6) is -0.299. The third-order valence-corrected chi connectivity index (χ3v) is 3.31. The highest BCUT2D eigenvalue weighted by Crippen LogP contribution is 2.21. The third-order valence-electron chi connectivity index (χ3n) is 3.31. The van der Waals surface area contributed by atoms with Crippen LogP contribution in [0.25, 0.3) is 10.9 Å². The normalized spacial score (nSPS) is 12.0. The maximum absolute atomic E-state index is 13.2. The van der Waals surface area contributed by atoms with Crippen LogP contribution in [0.1, 0.15) is 11.1 Å². The molecule has 0 saturated carbocycles. The molecule has 21 heavy (non-hydrogen) atoms. The van der Waals surface area contributed by atoms with Crippen molar-refractivity contribution < 1.29 is 9.60 Å². The highest BCUT2D eigenvalue weighted by Gasteiger charge is 2.09. The molecule has 2 heterocycles. The average molecular weight is 284 g/mol. The monoisotopic (exact) mass is 284 g/mol. The highest BCUT2D eigenvalue weighted by atomic mass is 19.1. The summed E-state index contributed by atoms with van der Waals surface area (Å²) in [6, 6.07) is 8.87. The van der Waals surface area contributed by atoms with Crippen molar-refractivity contribution >= 4 is 16.7 Å². The minimum atomic E-state index is -0.360. The second-order valence-electron chi connectivity index (χ2n) is 4.68.